The molecule has 0 bridgehead atoms. The summed E-state index contributed by atoms with van der Waals surface area (Å²) in [6, 6.07) is 11.9. The number of hydrogen-bond donors (Lipinski definition) is 8. The van der Waals surface area contributed by atoms with Crippen molar-refractivity contribution >= 4 is 47.8 Å². The fourth-order valence-corrected chi connectivity index (χ4v) is 5.64. The first kappa shape index (κ1) is 51.5. The lowest BCUT2D eigenvalue weighted by Crippen LogP contribution is -2.52. The van der Waals surface area contributed by atoms with Gasteiger partial charge < -0.3 is 51.6 Å². The molecule has 0 aromatic heterocycles. The summed E-state index contributed by atoms with van der Waals surface area (Å²) in [5, 5.41) is 34.6. The maximum Gasteiger partial charge on any atom is 0.407 e. The summed E-state index contributed by atoms with van der Waals surface area (Å²) in [6.07, 6.45) is 0.124. The van der Waals surface area contributed by atoms with Crippen LogP contribution in [0.25, 0.3) is 0 Å². The molecule has 8 N–H and O–H groups in total. The molecule has 0 radical (unpaired) electrons. The summed E-state index contributed by atoms with van der Waals surface area (Å²) < 4.78 is 10.4. The normalized spacial score (nSPS) is 12.9. The molecule has 0 aliphatic carbocycles. The third-order valence-electron chi connectivity index (χ3n) is 8.50. The molecule has 0 aliphatic rings. The Balaban J connectivity index is 2.11. The van der Waals surface area contributed by atoms with Gasteiger partial charge in [0.05, 0.1) is 0 Å². The van der Waals surface area contributed by atoms with Crippen molar-refractivity contribution in [2.24, 2.45) is 0 Å². The first-order valence-corrected chi connectivity index (χ1v) is 20.3. The standard InChI is InChI=1S/C44H60N6O12/c1-43(2,3)61-41(59)45-25-15-13-21-31(39(55)56)49-37(53)33(27-29-17-9-7-10-18-29)47-35(51)23-24-36(52)48-34(28-30-19-11-8-12-20-30)38(54)50-32(40(57)58)22-14-16-26-46-42(60)62-44(4,5)6/h7-12,17-20,31-34H,13-16,21-22,25-28H2,1-6H3,(H,45,59)(H,46,60)(H,47,51)(H,48,52)(H,49,53)(H,50,54)(H,55,56)(H,57,58)/t31-,32-,33-,34-/m0/s1. The van der Waals surface area contributed by atoms with Gasteiger partial charge in [-0.3, -0.25) is 19.2 Å². The number of carbonyl (C=O) groups excluding carboxylic acids is 6. The number of rotatable bonds is 22. The van der Waals surface area contributed by atoms with Crippen molar-refractivity contribution in [1.82, 2.24) is 31.9 Å². The number of benzene rings is 2. The Bertz CT molecular complexity index is 1750. The third-order valence-corrected chi connectivity index (χ3v) is 8.50. The van der Waals surface area contributed by atoms with E-state index in [2.05, 4.69) is 43.7 Å². The molecular formula is C44H60N6O12. The van der Waals surface area contributed by atoms with Crippen molar-refractivity contribution in [3.63, 3.8) is 0 Å². The van der Waals surface area contributed by atoms with E-state index in [0.29, 0.717) is 36.8 Å². The predicted octanol–water partition coefficient (Wildman–Crippen LogP) is 2.97. The predicted molar refractivity (Wildman–Crippen MR) is 227 cm³/mol. The van der Waals surface area contributed by atoms with Gasteiger partial charge in [0.1, 0.15) is 35.4 Å². The molecule has 6 amide bonds. The van der Waals surface area contributed by atoms with E-state index in [-0.39, 0.29) is 38.8 Å². The van der Waals surface area contributed by atoms with Crippen LogP contribution in [-0.2, 0) is 51.1 Å². The van der Waals surface area contributed by atoms with Crippen LogP contribution in [0.5, 0.6) is 0 Å². The zero-order valence-corrected chi connectivity index (χ0v) is 36.1. The van der Waals surface area contributed by atoms with E-state index in [9.17, 15) is 48.6 Å². The van der Waals surface area contributed by atoms with Crippen LogP contribution >= 0.6 is 0 Å². The van der Waals surface area contributed by atoms with Crippen LogP contribution in [0.15, 0.2) is 60.7 Å². The van der Waals surface area contributed by atoms with Crippen molar-refractivity contribution in [2.45, 2.75) is 128 Å². The highest BCUT2D eigenvalue weighted by molar-refractivity contribution is 6.05. The van der Waals surface area contributed by atoms with Gasteiger partial charge in [-0.1, -0.05) is 60.7 Å². The van der Waals surface area contributed by atoms with Gasteiger partial charge in [0.2, 0.25) is 11.8 Å². The zero-order chi connectivity index (χ0) is 46.3. The molecule has 0 aliphatic heterocycles. The molecule has 0 spiro atoms. The van der Waals surface area contributed by atoms with Gasteiger partial charge in [-0.2, -0.15) is 0 Å². The molecule has 0 unspecified atom stereocenters. The van der Waals surface area contributed by atoms with Crippen LogP contribution in [0.1, 0.15) is 91.2 Å². The minimum atomic E-state index is -1.33. The molecule has 62 heavy (non-hydrogen) atoms. The van der Waals surface area contributed by atoms with Crippen LogP contribution in [0.2, 0.25) is 0 Å². The fraction of sp³-hybridized carbons (Fsp3) is 0.500. The average Bonchev–Trinajstić information content (AvgIpc) is 3.17. The van der Waals surface area contributed by atoms with E-state index < -0.39 is 83.1 Å². The lowest BCUT2D eigenvalue weighted by atomic mass is 10.0. The number of nitrogens with one attached hydrogen (secondary N) is 6. The smallest absolute Gasteiger partial charge is 0.407 e. The van der Waals surface area contributed by atoms with Crippen LogP contribution < -0.4 is 31.9 Å². The maximum absolute atomic E-state index is 13.4. The number of aliphatic carboxylic acids is 2. The number of unbranched alkanes of at least 4 members (excludes halogenated alkanes) is 2. The minimum Gasteiger partial charge on any atom is -0.480 e. The Morgan fingerprint density at radius 3 is 1.16 bits per heavy atom. The van der Waals surface area contributed by atoms with Gasteiger partial charge in [-0.15, -0.1) is 0 Å². The van der Waals surface area contributed by atoms with Gasteiger partial charge in [-0.05, 0) is 91.2 Å². The Labute approximate surface area is 362 Å². The fourth-order valence-electron chi connectivity index (χ4n) is 5.64. The molecule has 0 saturated carbocycles. The molecule has 0 heterocycles. The van der Waals surface area contributed by atoms with Crippen molar-refractivity contribution < 1.29 is 58.0 Å². The van der Waals surface area contributed by atoms with E-state index in [1.54, 1.807) is 102 Å². The van der Waals surface area contributed by atoms with Crippen LogP contribution in [0.3, 0.4) is 0 Å². The van der Waals surface area contributed by atoms with Gasteiger partial charge in [-0.25, -0.2) is 19.2 Å². The highest BCUT2D eigenvalue weighted by Crippen LogP contribution is 2.10. The second-order valence-electron chi connectivity index (χ2n) is 16.3. The summed E-state index contributed by atoms with van der Waals surface area (Å²) in [4.78, 5) is 101. The lowest BCUT2D eigenvalue weighted by Gasteiger charge is -2.21. The van der Waals surface area contributed by atoms with Gasteiger partial charge >= 0.3 is 24.1 Å². The Hall–Kier alpha value is -6.64. The Morgan fingerprint density at radius 2 is 0.855 bits per heavy atom. The Morgan fingerprint density at radius 1 is 0.516 bits per heavy atom. The summed E-state index contributed by atoms with van der Waals surface area (Å²) in [5.41, 5.74) is -0.102. The zero-order valence-electron chi connectivity index (χ0n) is 36.1. The highest BCUT2D eigenvalue weighted by atomic mass is 16.6. The first-order valence-electron chi connectivity index (χ1n) is 20.3. The Kier molecular flexibility index (Phi) is 21.5. The van der Waals surface area contributed by atoms with Gasteiger partial charge in [0, 0.05) is 37.8 Å². The second-order valence-corrected chi connectivity index (χ2v) is 16.3. The minimum absolute atomic E-state index is 0.0152. The van der Waals surface area contributed by atoms with Crippen LogP contribution in [-0.4, -0.2) is 106 Å². The number of amides is 6. The summed E-state index contributed by atoms with van der Waals surface area (Å²) >= 11 is 0. The molecule has 2 rings (SSSR count). The van der Waals surface area contributed by atoms with E-state index in [1.165, 1.54) is 0 Å². The van der Waals surface area contributed by atoms with Crippen molar-refractivity contribution in [3.8, 4) is 11.8 Å². The van der Waals surface area contributed by atoms with Crippen molar-refractivity contribution in [2.75, 3.05) is 13.1 Å². The largest absolute Gasteiger partial charge is 0.480 e. The third kappa shape index (κ3) is 22.7. The maximum atomic E-state index is 13.4. The quantitative estimate of drug-likeness (QED) is 0.0628. The molecule has 18 nitrogen and oxygen atoms in total. The first-order chi connectivity index (χ1) is 29.1. The molecule has 2 aromatic carbocycles. The lowest BCUT2D eigenvalue weighted by molar-refractivity contribution is -0.142. The van der Waals surface area contributed by atoms with Gasteiger partial charge in [0.25, 0.3) is 11.8 Å². The molecule has 2 aromatic rings. The number of hydrogen-bond acceptors (Lipinski definition) is 10. The molecular weight excluding hydrogens is 805 g/mol. The number of ether oxygens (including phenoxy) is 2. The summed E-state index contributed by atoms with van der Waals surface area (Å²) in [5.74, 6) is -2.13. The van der Waals surface area contributed by atoms with E-state index >= 15 is 0 Å². The van der Waals surface area contributed by atoms with Crippen molar-refractivity contribution in [3.05, 3.63) is 71.8 Å². The topological polar surface area (TPSA) is 268 Å². The molecule has 338 valence electrons. The van der Waals surface area contributed by atoms with Crippen LogP contribution in [0.4, 0.5) is 9.59 Å². The number of alkyl carbamates (subject to hydrolysis) is 2. The van der Waals surface area contributed by atoms with Crippen molar-refractivity contribution in [1.29, 1.82) is 0 Å². The van der Waals surface area contributed by atoms with E-state index in [0.717, 1.165) is 0 Å². The number of carboxylic acids is 2. The molecule has 0 saturated heterocycles. The average molecular weight is 865 g/mol. The monoisotopic (exact) mass is 864 g/mol. The molecule has 18 heteroatoms. The molecule has 4 atom stereocenters. The molecule has 0 fully saturated rings. The highest BCUT2D eigenvalue weighted by Gasteiger charge is 2.28. The second kappa shape index (κ2) is 25.9. The van der Waals surface area contributed by atoms with Gasteiger partial charge in [0.15, 0.2) is 0 Å². The van der Waals surface area contributed by atoms with E-state index in [1.807, 2.05) is 0 Å². The summed E-state index contributed by atoms with van der Waals surface area (Å²) in [6.45, 7) is 10.8. The van der Waals surface area contributed by atoms with E-state index in [4.69, 9.17) is 9.47 Å². The number of carboxylic acid groups (broad SMARTS) is 2. The SMILES string of the molecule is CC(C)(C)OC(=O)NCCCC[C@H](NC(=O)[C@H](Cc1ccccc1)NC(=O)C#CC(=O)N[C@@H](Cc1ccccc1)C(=O)N[C@@H](CCCCNC(=O)OC(C)(C)C)C(=O)O)C(=O)O. The number of carbonyl (C=O) groups is 8. The summed E-state index contributed by atoms with van der Waals surface area (Å²) in [7, 11) is 0. The van der Waals surface area contributed by atoms with Crippen LogP contribution in [0, 0.1) is 11.8 Å².